The number of hydrogen-bond donors (Lipinski definition) is 2. The Morgan fingerprint density at radius 1 is 1.28 bits per heavy atom. The number of nitrogens with one attached hydrogen (secondary N) is 2. The lowest BCUT2D eigenvalue weighted by atomic mass is 10.2. The Bertz CT molecular complexity index is 914. The van der Waals surface area contributed by atoms with E-state index in [9.17, 15) is 0 Å². The minimum absolute atomic E-state index is 0.776. The van der Waals surface area contributed by atoms with Gasteiger partial charge in [-0.3, -0.25) is 0 Å². The molecule has 6 nitrogen and oxygen atoms in total. The van der Waals surface area contributed by atoms with Crippen molar-refractivity contribution in [3.63, 3.8) is 0 Å². The molecule has 3 aromatic rings. The van der Waals surface area contributed by atoms with E-state index >= 15 is 0 Å². The summed E-state index contributed by atoms with van der Waals surface area (Å²) in [5, 5.41) is 6.61. The molecule has 2 heterocycles. The smallest absolute Gasteiger partial charge is 0.203 e. The minimum Gasteiger partial charge on any atom is -0.497 e. The van der Waals surface area contributed by atoms with Crippen LogP contribution in [-0.4, -0.2) is 28.7 Å². The Morgan fingerprint density at radius 3 is 2.80 bits per heavy atom. The van der Waals surface area contributed by atoms with Gasteiger partial charge in [0.1, 0.15) is 17.1 Å². The van der Waals surface area contributed by atoms with E-state index in [0.717, 1.165) is 52.3 Å². The van der Waals surface area contributed by atoms with Crippen molar-refractivity contribution in [2.24, 2.45) is 5.92 Å². The van der Waals surface area contributed by atoms with Crippen LogP contribution in [0.2, 0.25) is 0 Å². The molecule has 4 rings (SSSR count). The van der Waals surface area contributed by atoms with Gasteiger partial charge < -0.3 is 19.9 Å². The second-order valence-electron chi connectivity index (χ2n) is 6.60. The Labute approximate surface area is 147 Å². The van der Waals surface area contributed by atoms with Crippen molar-refractivity contribution in [3.05, 3.63) is 36.0 Å². The first-order chi connectivity index (χ1) is 12.2. The first-order valence-corrected chi connectivity index (χ1v) is 8.63. The number of aromatic nitrogens is 3. The summed E-state index contributed by atoms with van der Waals surface area (Å²) in [5.74, 6) is 3.35. The van der Waals surface area contributed by atoms with Crippen molar-refractivity contribution in [1.82, 2.24) is 14.5 Å². The van der Waals surface area contributed by atoms with Crippen LogP contribution in [0.5, 0.6) is 5.75 Å². The maximum atomic E-state index is 5.27. The molecule has 1 aromatic carbocycles. The molecular formula is C19H23N5O. The average molecular weight is 337 g/mol. The van der Waals surface area contributed by atoms with Crippen LogP contribution >= 0.6 is 0 Å². The highest BCUT2D eigenvalue weighted by molar-refractivity contribution is 5.81. The molecule has 0 unspecified atom stereocenters. The fraction of sp³-hybridized carbons (Fsp3) is 0.368. The summed E-state index contributed by atoms with van der Waals surface area (Å²) in [6.07, 6.45) is 4.45. The summed E-state index contributed by atoms with van der Waals surface area (Å²) in [6, 6.07) is 8.05. The second kappa shape index (κ2) is 6.27. The third-order valence-electron chi connectivity index (χ3n) is 4.69. The van der Waals surface area contributed by atoms with Gasteiger partial charge in [-0.2, -0.15) is 0 Å². The van der Waals surface area contributed by atoms with E-state index in [1.165, 1.54) is 12.8 Å². The number of fused-ring (bicyclic) bond motifs is 1. The molecule has 2 aromatic heterocycles. The van der Waals surface area contributed by atoms with Crippen LogP contribution in [0.15, 0.2) is 30.5 Å². The number of aryl methyl sites for hydroxylation is 1. The van der Waals surface area contributed by atoms with Gasteiger partial charge in [0, 0.05) is 25.3 Å². The molecule has 6 heteroatoms. The topological polar surface area (TPSA) is 64.0 Å². The zero-order valence-electron chi connectivity index (χ0n) is 14.8. The average Bonchev–Trinajstić information content (AvgIpc) is 3.38. The molecule has 25 heavy (non-hydrogen) atoms. The Kier molecular flexibility index (Phi) is 3.95. The fourth-order valence-corrected chi connectivity index (χ4v) is 3.07. The number of anilines is 3. The van der Waals surface area contributed by atoms with Crippen LogP contribution in [0.4, 0.5) is 17.5 Å². The van der Waals surface area contributed by atoms with Crippen molar-refractivity contribution < 1.29 is 4.74 Å². The molecule has 130 valence electrons. The van der Waals surface area contributed by atoms with E-state index < -0.39 is 0 Å². The molecule has 0 radical (unpaired) electrons. The number of hydrogen-bond acceptors (Lipinski definition) is 5. The standard InChI is InChI=1S/C19H23N5O/c1-12-8-14(25-3)6-7-15(12)22-18-9-17-16(10-21-18)23-19(20-2)24(17)11-13-4-5-13/h6-10,13H,4-5,11H2,1-3H3,(H,20,23)(H,21,22). The molecule has 1 aliphatic rings. The van der Waals surface area contributed by atoms with Gasteiger partial charge in [0.15, 0.2) is 0 Å². The highest BCUT2D eigenvalue weighted by Gasteiger charge is 2.24. The lowest BCUT2D eigenvalue weighted by Crippen LogP contribution is -2.05. The van der Waals surface area contributed by atoms with Crippen molar-refractivity contribution >= 4 is 28.5 Å². The lowest BCUT2D eigenvalue weighted by molar-refractivity contribution is 0.414. The van der Waals surface area contributed by atoms with E-state index in [2.05, 4.69) is 38.2 Å². The molecule has 1 saturated carbocycles. The molecule has 2 N–H and O–H groups in total. The SMILES string of the molecule is CNc1nc2cnc(Nc3ccc(OC)cc3C)cc2n1CC1CC1. The molecular weight excluding hydrogens is 314 g/mol. The lowest BCUT2D eigenvalue weighted by Gasteiger charge is -2.11. The number of ether oxygens (including phenoxy) is 1. The Morgan fingerprint density at radius 2 is 2.12 bits per heavy atom. The van der Waals surface area contributed by atoms with Crippen LogP contribution in [0.25, 0.3) is 11.0 Å². The third kappa shape index (κ3) is 3.12. The third-order valence-corrected chi connectivity index (χ3v) is 4.69. The molecule has 0 bridgehead atoms. The van der Waals surface area contributed by atoms with Crippen LogP contribution in [0, 0.1) is 12.8 Å². The van der Waals surface area contributed by atoms with Crippen molar-refractivity contribution in [1.29, 1.82) is 0 Å². The molecule has 0 saturated heterocycles. The molecule has 1 fully saturated rings. The van der Waals surface area contributed by atoms with Gasteiger partial charge in [-0.1, -0.05) is 0 Å². The summed E-state index contributed by atoms with van der Waals surface area (Å²) in [7, 11) is 3.59. The summed E-state index contributed by atoms with van der Waals surface area (Å²) in [6.45, 7) is 3.07. The van der Waals surface area contributed by atoms with Crippen molar-refractivity contribution in [3.8, 4) is 5.75 Å². The van der Waals surface area contributed by atoms with E-state index in [4.69, 9.17) is 4.74 Å². The van der Waals surface area contributed by atoms with Gasteiger partial charge in [-0.25, -0.2) is 9.97 Å². The zero-order valence-corrected chi connectivity index (χ0v) is 14.8. The maximum Gasteiger partial charge on any atom is 0.203 e. The summed E-state index contributed by atoms with van der Waals surface area (Å²) in [5.41, 5.74) is 4.17. The second-order valence-corrected chi connectivity index (χ2v) is 6.60. The molecule has 1 aliphatic carbocycles. The quantitative estimate of drug-likeness (QED) is 0.713. The monoisotopic (exact) mass is 337 g/mol. The highest BCUT2D eigenvalue weighted by atomic mass is 16.5. The van der Waals surface area contributed by atoms with E-state index in [1.807, 2.05) is 31.4 Å². The van der Waals surface area contributed by atoms with Gasteiger partial charge in [-0.15, -0.1) is 0 Å². The van der Waals surface area contributed by atoms with Crippen LogP contribution in [0.1, 0.15) is 18.4 Å². The van der Waals surface area contributed by atoms with E-state index in [0.29, 0.717) is 0 Å². The number of benzene rings is 1. The van der Waals surface area contributed by atoms with Gasteiger partial charge >= 0.3 is 0 Å². The first kappa shape index (κ1) is 15.7. The maximum absolute atomic E-state index is 5.27. The zero-order chi connectivity index (χ0) is 17.4. The number of imidazole rings is 1. The van der Waals surface area contributed by atoms with Gasteiger partial charge in [0.25, 0.3) is 0 Å². The van der Waals surface area contributed by atoms with E-state index in [1.54, 1.807) is 7.11 Å². The number of pyridine rings is 1. The number of nitrogens with zero attached hydrogens (tertiary/aromatic N) is 3. The van der Waals surface area contributed by atoms with E-state index in [-0.39, 0.29) is 0 Å². The number of methoxy groups -OCH3 is 1. The van der Waals surface area contributed by atoms with Crippen molar-refractivity contribution in [2.75, 3.05) is 24.8 Å². The van der Waals surface area contributed by atoms with Gasteiger partial charge in [0.05, 0.1) is 18.8 Å². The van der Waals surface area contributed by atoms with Gasteiger partial charge in [-0.05, 0) is 49.4 Å². The molecule has 0 spiro atoms. The fourth-order valence-electron chi connectivity index (χ4n) is 3.07. The number of rotatable bonds is 6. The largest absolute Gasteiger partial charge is 0.497 e. The van der Waals surface area contributed by atoms with Crippen LogP contribution < -0.4 is 15.4 Å². The predicted molar refractivity (Wildman–Crippen MR) is 101 cm³/mol. The summed E-state index contributed by atoms with van der Waals surface area (Å²) in [4.78, 5) is 9.17. The van der Waals surface area contributed by atoms with Crippen LogP contribution in [0.3, 0.4) is 0 Å². The summed E-state index contributed by atoms with van der Waals surface area (Å²) >= 11 is 0. The Balaban J connectivity index is 1.68. The van der Waals surface area contributed by atoms with Crippen LogP contribution in [-0.2, 0) is 6.54 Å². The normalized spacial score (nSPS) is 13.9. The minimum atomic E-state index is 0.776. The molecule has 0 atom stereocenters. The van der Waals surface area contributed by atoms with Crippen molar-refractivity contribution in [2.45, 2.75) is 26.3 Å². The van der Waals surface area contributed by atoms with Gasteiger partial charge in [0.2, 0.25) is 5.95 Å². The highest BCUT2D eigenvalue weighted by Crippen LogP contribution is 2.34. The predicted octanol–water partition coefficient (Wildman–Crippen LogP) is 3.94. The summed E-state index contributed by atoms with van der Waals surface area (Å²) < 4.78 is 7.53. The molecule has 0 aliphatic heterocycles. The molecule has 0 amide bonds. The Hall–Kier alpha value is -2.76. The first-order valence-electron chi connectivity index (χ1n) is 8.63.